The smallest absolute Gasteiger partial charge is 0.163 e. The van der Waals surface area contributed by atoms with Gasteiger partial charge < -0.3 is 28.4 Å². The molecule has 0 saturated carbocycles. The van der Waals surface area contributed by atoms with Crippen LogP contribution in [-0.2, 0) is 13.1 Å². The van der Waals surface area contributed by atoms with Crippen LogP contribution in [0.4, 0.5) is 34.1 Å². The van der Waals surface area contributed by atoms with Gasteiger partial charge in [0, 0.05) is 133 Å². The molecule has 17 rings (SSSR count). The predicted octanol–water partition coefficient (Wildman–Crippen LogP) is 23.1. The Morgan fingerprint density at radius 1 is 0.304 bits per heavy atom. The van der Waals surface area contributed by atoms with Crippen LogP contribution in [0.25, 0.3) is 129 Å². The zero-order valence-corrected chi connectivity index (χ0v) is 52.8. The minimum atomic E-state index is 0.610. The van der Waals surface area contributed by atoms with Gasteiger partial charge in [0.25, 0.3) is 0 Å². The van der Waals surface area contributed by atoms with Gasteiger partial charge >= 0.3 is 0 Å². The van der Waals surface area contributed by atoms with Crippen LogP contribution in [0, 0.1) is 0 Å². The molecule has 0 N–H and O–H groups in total. The molecule has 17 aromatic rings. The molecule has 0 aliphatic carbocycles. The summed E-state index contributed by atoms with van der Waals surface area (Å²) < 4.78 is 16.5. The molecular formula is C82H60N6O2S2. The fraction of sp³-hybridized carbons (Fsp3) is 0.0732. The molecule has 10 heteroatoms. The lowest BCUT2D eigenvalue weighted by atomic mass is 9.95. The van der Waals surface area contributed by atoms with E-state index in [2.05, 4.69) is 288 Å². The zero-order chi connectivity index (χ0) is 61.6. The van der Waals surface area contributed by atoms with Gasteiger partial charge in [0.05, 0.1) is 36.3 Å². The molecule has 0 bridgehead atoms. The summed E-state index contributed by atoms with van der Waals surface area (Å²) in [5.74, 6) is 1.22. The second kappa shape index (κ2) is 22.5. The van der Waals surface area contributed by atoms with Crippen molar-refractivity contribution in [1.29, 1.82) is 0 Å². The first kappa shape index (κ1) is 55.1. The molecule has 0 atom stereocenters. The number of hydrogen-bond acceptors (Lipinski definition) is 8. The average molecular weight is 1230 g/mol. The van der Waals surface area contributed by atoms with Crippen LogP contribution < -0.4 is 19.3 Å². The topological polar surface area (TPSA) is 60.6 Å². The molecule has 0 amide bonds. The highest BCUT2D eigenvalue weighted by molar-refractivity contribution is 7.19. The van der Waals surface area contributed by atoms with Gasteiger partial charge in [0.1, 0.15) is 0 Å². The van der Waals surface area contributed by atoms with Crippen LogP contribution >= 0.6 is 22.7 Å². The summed E-state index contributed by atoms with van der Waals surface area (Å²) in [4.78, 5) is 20.4. The Kier molecular flexibility index (Phi) is 13.4. The SMILES string of the molecule is CCn1c2ccc(-c3ccc(-c4ccc5c6ccc(-c7ccc(-c8ccc9c(c8)c8cc(N(c%10ccccc%10)c%10ccccc%10)ccc8n9CC)s7)cc6c6nc7cc(OC)c(OC)cc7nc6c5c4)s3)cc2c2cc(N(c3ccccc3)c3ccccc3)ccc21. The molecule has 92 heavy (non-hydrogen) atoms. The number of anilines is 6. The van der Waals surface area contributed by atoms with Gasteiger partial charge in [0.15, 0.2) is 11.5 Å². The van der Waals surface area contributed by atoms with Crippen molar-refractivity contribution in [3.05, 3.63) is 267 Å². The summed E-state index contributed by atoms with van der Waals surface area (Å²) in [5.41, 5.74) is 19.4. The number of fused-ring (bicyclic) bond motifs is 13. The van der Waals surface area contributed by atoms with E-state index in [1.54, 1.807) is 14.2 Å². The molecule has 0 aliphatic rings. The Hall–Kier alpha value is -11.0. The normalized spacial score (nSPS) is 11.8. The molecule has 5 aromatic heterocycles. The Morgan fingerprint density at radius 2 is 0.609 bits per heavy atom. The van der Waals surface area contributed by atoms with Gasteiger partial charge in [-0.2, -0.15) is 0 Å². The predicted molar refractivity (Wildman–Crippen MR) is 389 cm³/mol. The van der Waals surface area contributed by atoms with Gasteiger partial charge in [-0.25, -0.2) is 9.97 Å². The lowest BCUT2D eigenvalue weighted by molar-refractivity contribution is 0.355. The quantitative estimate of drug-likeness (QED) is 0.0799. The van der Waals surface area contributed by atoms with Crippen LogP contribution in [0.3, 0.4) is 0 Å². The first-order chi connectivity index (χ1) is 45.4. The van der Waals surface area contributed by atoms with Crippen molar-refractivity contribution in [2.75, 3.05) is 24.0 Å². The molecule has 0 unspecified atom stereocenters. The molecule has 8 nitrogen and oxygen atoms in total. The molecule has 0 saturated heterocycles. The zero-order valence-electron chi connectivity index (χ0n) is 51.1. The monoisotopic (exact) mass is 1220 g/mol. The molecular weight excluding hydrogens is 1170 g/mol. The highest BCUT2D eigenvalue weighted by atomic mass is 32.1. The van der Waals surface area contributed by atoms with Crippen molar-refractivity contribution in [1.82, 2.24) is 19.1 Å². The molecule has 0 aliphatic heterocycles. The number of rotatable bonds is 14. The first-order valence-electron chi connectivity index (χ1n) is 31.3. The fourth-order valence-corrected chi connectivity index (χ4v) is 16.0. The Labute approximate surface area is 540 Å². The van der Waals surface area contributed by atoms with Crippen LogP contribution in [0.1, 0.15) is 13.8 Å². The van der Waals surface area contributed by atoms with E-state index in [-0.39, 0.29) is 0 Å². The molecule has 0 radical (unpaired) electrons. The van der Waals surface area contributed by atoms with Crippen LogP contribution in [0.5, 0.6) is 11.5 Å². The van der Waals surface area contributed by atoms with Gasteiger partial charge in [-0.05, 0) is 192 Å². The fourth-order valence-electron chi connectivity index (χ4n) is 14.0. The van der Waals surface area contributed by atoms with E-state index in [1.165, 1.54) is 74.2 Å². The summed E-state index contributed by atoms with van der Waals surface area (Å²) in [5, 5.41) is 9.27. The first-order valence-corrected chi connectivity index (χ1v) is 32.9. The van der Waals surface area contributed by atoms with Crippen molar-refractivity contribution < 1.29 is 9.47 Å². The Balaban J connectivity index is 0.748. The van der Waals surface area contributed by atoms with E-state index < -0.39 is 0 Å². The van der Waals surface area contributed by atoms with E-state index in [0.29, 0.717) is 11.5 Å². The number of nitrogens with zero attached hydrogens (tertiary/aromatic N) is 6. The number of para-hydroxylation sites is 4. The minimum Gasteiger partial charge on any atom is -0.493 e. The number of ether oxygens (including phenoxy) is 2. The summed E-state index contributed by atoms with van der Waals surface area (Å²) in [6, 6.07) is 97.0. The summed E-state index contributed by atoms with van der Waals surface area (Å²) in [6.07, 6.45) is 0. The number of benzene rings is 12. The molecule has 0 spiro atoms. The van der Waals surface area contributed by atoms with E-state index in [0.717, 1.165) is 102 Å². The van der Waals surface area contributed by atoms with Crippen molar-refractivity contribution in [3.63, 3.8) is 0 Å². The van der Waals surface area contributed by atoms with Gasteiger partial charge in [-0.3, -0.25) is 0 Å². The number of aromatic nitrogens is 4. The Morgan fingerprint density at radius 3 is 0.935 bits per heavy atom. The van der Waals surface area contributed by atoms with Crippen molar-refractivity contribution in [3.8, 4) is 53.3 Å². The number of thiophene rings is 2. The summed E-state index contributed by atoms with van der Waals surface area (Å²) in [7, 11) is 3.32. The highest BCUT2D eigenvalue weighted by Crippen LogP contribution is 2.47. The maximum atomic E-state index is 5.82. The molecule has 0 fully saturated rings. The third-order valence-electron chi connectivity index (χ3n) is 18.3. The second-order valence-corrected chi connectivity index (χ2v) is 25.5. The van der Waals surface area contributed by atoms with Crippen molar-refractivity contribution in [2.45, 2.75) is 26.9 Å². The van der Waals surface area contributed by atoms with Crippen molar-refractivity contribution in [2.24, 2.45) is 0 Å². The van der Waals surface area contributed by atoms with Gasteiger partial charge in [-0.1, -0.05) is 109 Å². The van der Waals surface area contributed by atoms with E-state index in [4.69, 9.17) is 19.4 Å². The standard InChI is InChI=1S/C82H60N6O2S2/c1-5-85-71-35-29-53(43-63(71)65-47-59(31-37-73(65)85)87(55-19-11-7-12-20-55)56-21-13-8-14-22-56)79-41-39-77(91-79)51-27-33-61-62-34-28-52(46-68(62)82-81(67(61)45-51)83-69-49-75(89-3)76(90-4)50-70(69)84-82)78-40-42-80(92-78)54-30-36-72-64(44-54)66-48-60(32-38-74(66)86(72)6-2)88(57-23-15-9-16-24-57)58-25-17-10-18-26-58/h7-50H,5-6H2,1-4H3. The molecule has 442 valence electrons. The highest BCUT2D eigenvalue weighted by Gasteiger charge is 2.22. The van der Waals surface area contributed by atoms with Crippen LogP contribution in [0.15, 0.2) is 267 Å². The number of methoxy groups -OCH3 is 2. The third-order valence-corrected chi connectivity index (χ3v) is 20.6. The minimum absolute atomic E-state index is 0.610. The third kappa shape index (κ3) is 9.15. The lowest BCUT2D eigenvalue weighted by Crippen LogP contribution is -2.09. The van der Waals surface area contributed by atoms with E-state index in [9.17, 15) is 0 Å². The van der Waals surface area contributed by atoms with Gasteiger partial charge in [0.2, 0.25) is 0 Å². The van der Waals surface area contributed by atoms with Gasteiger partial charge in [-0.15, -0.1) is 22.7 Å². The second-order valence-electron chi connectivity index (χ2n) is 23.3. The molecule has 12 aromatic carbocycles. The van der Waals surface area contributed by atoms with Crippen LogP contribution in [0.2, 0.25) is 0 Å². The average Bonchev–Trinajstić information content (AvgIpc) is 0.869. The maximum absolute atomic E-state index is 5.82. The largest absolute Gasteiger partial charge is 0.493 e. The Bertz CT molecular complexity index is 5290. The van der Waals surface area contributed by atoms with Crippen LogP contribution in [-0.4, -0.2) is 33.3 Å². The maximum Gasteiger partial charge on any atom is 0.163 e. The lowest BCUT2D eigenvalue weighted by Gasteiger charge is -2.25. The van der Waals surface area contributed by atoms with Crippen molar-refractivity contribution >= 4 is 144 Å². The number of hydrogen-bond donors (Lipinski definition) is 0. The van der Waals surface area contributed by atoms with E-state index >= 15 is 0 Å². The molecule has 5 heterocycles. The summed E-state index contributed by atoms with van der Waals surface area (Å²) in [6.45, 7) is 6.20. The van der Waals surface area contributed by atoms with E-state index in [1.807, 2.05) is 34.8 Å². The summed E-state index contributed by atoms with van der Waals surface area (Å²) >= 11 is 3.63. The number of aryl methyl sites for hydroxylation is 2.